The Hall–Kier alpha value is -4.69. The van der Waals surface area contributed by atoms with E-state index in [1.165, 1.54) is 36.4 Å². The summed E-state index contributed by atoms with van der Waals surface area (Å²) in [4.78, 5) is 61.1. The number of amides is 3. The molecule has 0 saturated carbocycles. The van der Waals surface area contributed by atoms with Crippen LogP contribution in [0.15, 0.2) is 48.5 Å². The Morgan fingerprint density at radius 2 is 1.12 bits per heavy atom. The molecule has 14 heteroatoms. The molecule has 0 aliphatic carbocycles. The number of phenolic OH excluding ortho intramolecular Hbond substituents is 2. The van der Waals surface area contributed by atoms with E-state index < -0.39 is 73.3 Å². The van der Waals surface area contributed by atoms with E-state index in [9.17, 15) is 44.4 Å². The SMILES string of the molecule is NC(Cc1ccc(O)cc1)C(=O)NC(CO)C(=O)NC(CCC(=O)O)C(=O)NC(Cc1ccc(O)cc1)C(=O)O. The number of aromatic hydroxyl groups is 2. The van der Waals surface area contributed by atoms with Crippen LogP contribution in [0.25, 0.3) is 0 Å². The van der Waals surface area contributed by atoms with Crippen LogP contribution in [0.1, 0.15) is 24.0 Å². The highest BCUT2D eigenvalue weighted by Gasteiger charge is 2.30. The molecule has 0 fully saturated rings. The zero-order valence-electron chi connectivity index (χ0n) is 21.3. The molecule has 2 aromatic carbocycles. The first-order valence-corrected chi connectivity index (χ1v) is 12.2. The number of aliphatic hydroxyl groups excluding tert-OH is 1. The molecule has 4 unspecified atom stereocenters. The third kappa shape index (κ3) is 10.2. The topological polar surface area (TPSA) is 249 Å². The van der Waals surface area contributed by atoms with Crippen LogP contribution in [0.5, 0.6) is 11.5 Å². The predicted octanol–water partition coefficient (Wildman–Crippen LogP) is -1.39. The smallest absolute Gasteiger partial charge is 0.326 e. The van der Waals surface area contributed by atoms with Crippen LogP contribution in [0, 0.1) is 0 Å². The van der Waals surface area contributed by atoms with E-state index in [1.54, 1.807) is 12.1 Å². The van der Waals surface area contributed by atoms with Crippen LogP contribution in [0.4, 0.5) is 0 Å². The standard InChI is InChI=1S/C26H32N4O10/c27-18(11-14-1-5-16(32)6-2-14)23(36)30-21(13-31)25(38)28-19(9-10-22(34)35)24(37)29-20(26(39)40)12-15-3-7-17(33)8-4-15/h1-8,18-21,31-33H,9-13,27H2,(H,28,38)(H,29,37)(H,30,36)(H,34,35)(H,39,40). The van der Waals surface area contributed by atoms with E-state index in [1.807, 2.05) is 0 Å². The van der Waals surface area contributed by atoms with Crippen molar-refractivity contribution in [3.63, 3.8) is 0 Å². The van der Waals surface area contributed by atoms with Crippen molar-refractivity contribution in [2.75, 3.05) is 6.61 Å². The van der Waals surface area contributed by atoms with Gasteiger partial charge in [-0.1, -0.05) is 24.3 Å². The average Bonchev–Trinajstić information content (AvgIpc) is 2.91. The van der Waals surface area contributed by atoms with Crippen molar-refractivity contribution in [1.29, 1.82) is 0 Å². The summed E-state index contributed by atoms with van der Waals surface area (Å²) in [5.74, 6) is -5.51. The molecular weight excluding hydrogens is 528 g/mol. The van der Waals surface area contributed by atoms with Crippen molar-refractivity contribution in [3.05, 3.63) is 59.7 Å². The van der Waals surface area contributed by atoms with Gasteiger partial charge in [0.2, 0.25) is 17.7 Å². The monoisotopic (exact) mass is 560 g/mol. The molecular formula is C26H32N4O10. The molecule has 14 nitrogen and oxygen atoms in total. The van der Waals surface area contributed by atoms with Gasteiger partial charge in [-0.25, -0.2) is 4.79 Å². The first kappa shape index (κ1) is 31.5. The Balaban J connectivity index is 2.07. The third-order valence-electron chi connectivity index (χ3n) is 5.81. The molecule has 0 saturated heterocycles. The van der Waals surface area contributed by atoms with Gasteiger partial charge in [-0.2, -0.15) is 0 Å². The van der Waals surface area contributed by atoms with Gasteiger partial charge in [0.05, 0.1) is 12.6 Å². The lowest BCUT2D eigenvalue weighted by Crippen LogP contribution is -2.58. The van der Waals surface area contributed by atoms with Crippen molar-refractivity contribution in [1.82, 2.24) is 16.0 Å². The molecule has 0 spiro atoms. The van der Waals surface area contributed by atoms with Gasteiger partial charge in [0.15, 0.2) is 0 Å². The molecule has 10 N–H and O–H groups in total. The summed E-state index contributed by atoms with van der Waals surface area (Å²) < 4.78 is 0. The largest absolute Gasteiger partial charge is 0.508 e. The number of nitrogens with one attached hydrogen (secondary N) is 3. The van der Waals surface area contributed by atoms with Crippen molar-refractivity contribution in [2.45, 2.75) is 49.9 Å². The fourth-order valence-corrected chi connectivity index (χ4v) is 3.60. The first-order valence-electron chi connectivity index (χ1n) is 12.2. The van der Waals surface area contributed by atoms with E-state index in [2.05, 4.69) is 16.0 Å². The highest BCUT2D eigenvalue weighted by Crippen LogP contribution is 2.13. The minimum Gasteiger partial charge on any atom is -0.508 e. The van der Waals surface area contributed by atoms with Gasteiger partial charge in [-0.15, -0.1) is 0 Å². The molecule has 2 aromatic rings. The van der Waals surface area contributed by atoms with Crippen LogP contribution in [0.2, 0.25) is 0 Å². The number of carbonyl (C=O) groups excluding carboxylic acids is 3. The molecule has 3 amide bonds. The molecule has 216 valence electrons. The fourth-order valence-electron chi connectivity index (χ4n) is 3.60. The number of carbonyl (C=O) groups is 5. The number of hydrogen-bond donors (Lipinski definition) is 9. The van der Waals surface area contributed by atoms with Crippen LogP contribution in [-0.4, -0.2) is 86.0 Å². The molecule has 2 rings (SSSR count). The van der Waals surface area contributed by atoms with Crippen molar-refractivity contribution >= 4 is 29.7 Å². The summed E-state index contributed by atoms with van der Waals surface area (Å²) >= 11 is 0. The second-order valence-corrected chi connectivity index (χ2v) is 8.98. The van der Waals surface area contributed by atoms with Crippen molar-refractivity contribution in [2.24, 2.45) is 5.73 Å². The molecule has 0 heterocycles. The molecule has 0 aliphatic rings. The number of hydrogen-bond acceptors (Lipinski definition) is 9. The first-order chi connectivity index (χ1) is 18.9. The van der Waals surface area contributed by atoms with Crippen LogP contribution < -0.4 is 21.7 Å². The Bertz CT molecular complexity index is 1190. The van der Waals surface area contributed by atoms with Gasteiger partial charge in [-0.3, -0.25) is 19.2 Å². The molecule has 0 aliphatic heterocycles. The number of aliphatic hydroxyl groups is 1. The Kier molecular flexibility index (Phi) is 11.9. The minimum absolute atomic E-state index is 0.0234. The van der Waals surface area contributed by atoms with E-state index in [-0.39, 0.29) is 24.3 Å². The maximum absolute atomic E-state index is 12.9. The number of carboxylic acids is 2. The molecule has 40 heavy (non-hydrogen) atoms. The highest BCUT2D eigenvalue weighted by molar-refractivity contribution is 5.94. The van der Waals surface area contributed by atoms with Gasteiger partial charge in [-0.05, 0) is 48.2 Å². The number of carboxylic acid groups (broad SMARTS) is 2. The Morgan fingerprint density at radius 3 is 1.60 bits per heavy atom. The second kappa shape index (κ2) is 15.0. The van der Waals surface area contributed by atoms with Crippen molar-refractivity contribution in [3.8, 4) is 11.5 Å². The van der Waals surface area contributed by atoms with Crippen LogP contribution in [0.3, 0.4) is 0 Å². The lowest BCUT2D eigenvalue weighted by molar-refractivity contribution is -0.143. The summed E-state index contributed by atoms with van der Waals surface area (Å²) in [6.07, 6.45) is -1.09. The summed E-state index contributed by atoms with van der Waals surface area (Å²) in [5, 5.41) is 53.8. The van der Waals surface area contributed by atoms with Gasteiger partial charge < -0.3 is 47.2 Å². The number of phenols is 2. The van der Waals surface area contributed by atoms with E-state index in [4.69, 9.17) is 10.8 Å². The molecule has 0 aromatic heterocycles. The lowest BCUT2D eigenvalue weighted by Gasteiger charge is -2.24. The fraction of sp³-hybridized carbons (Fsp3) is 0.346. The van der Waals surface area contributed by atoms with Crippen LogP contribution in [-0.2, 0) is 36.8 Å². The second-order valence-electron chi connectivity index (χ2n) is 8.98. The summed E-state index contributed by atoms with van der Waals surface area (Å²) in [5.41, 5.74) is 6.99. The minimum atomic E-state index is -1.55. The third-order valence-corrected chi connectivity index (χ3v) is 5.81. The quantitative estimate of drug-likeness (QED) is 0.123. The predicted molar refractivity (Wildman–Crippen MR) is 139 cm³/mol. The molecule has 0 bridgehead atoms. The summed E-state index contributed by atoms with van der Waals surface area (Å²) in [6, 6.07) is 5.88. The number of aliphatic carboxylic acids is 2. The maximum atomic E-state index is 12.9. The highest BCUT2D eigenvalue weighted by atomic mass is 16.4. The lowest BCUT2D eigenvalue weighted by atomic mass is 10.0. The van der Waals surface area contributed by atoms with Crippen molar-refractivity contribution < 1.29 is 49.5 Å². The average molecular weight is 561 g/mol. The maximum Gasteiger partial charge on any atom is 0.326 e. The van der Waals surface area contributed by atoms with Gasteiger partial charge in [0.25, 0.3) is 0 Å². The zero-order chi connectivity index (χ0) is 29.8. The van der Waals surface area contributed by atoms with Gasteiger partial charge >= 0.3 is 11.9 Å². The Labute approximate surface area is 228 Å². The zero-order valence-corrected chi connectivity index (χ0v) is 21.3. The van der Waals surface area contributed by atoms with Gasteiger partial charge in [0, 0.05) is 12.8 Å². The van der Waals surface area contributed by atoms with E-state index >= 15 is 0 Å². The molecule has 0 radical (unpaired) electrons. The number of nitrogens with two attached hydrogens (primary N) is 1. The summed E-state index contributed by atoms with van der Waals surface area (Å²) in [6.45, 7) is -0.880. The van der Waals surface area contributed by atoms with Crippen LogP contribution >= 0.6 is 0 Å². The van der Waals surface area contributed by atoms with Gasteiger partial charge in [0.1, 0.15) is 29.6 Å². The van der Waals surface area contributed by atoms with E-state index in [0.717, 1.165) is 0 Å². The number of rotatable bonds is 15. The number of benzene rings is 2. The normalized spacial score (nSPS) is 13.8. The molecule has 4 atom stereocenters. The Morgan fingerprint density at radius 1 is 0.675 bits per heavy atom. The summed E-state index contributed by atoms with van der Waals surface area (Å²) in [7, 11) is 0. The van der Waals surface area contributed by atoms with E-state index in [0.29, 0.717) is 11.1 Å².